The molecule has 0 amide bonds. The number of anilines is 2. The lowest BCUT2D eigenvalue weighted by atomic mass is 10.2. The maximum Gasteiger partial charge on any atom is 0.238 e. The van der Waals surface area contributed by atoms with Crippen molar-refractivity contribution in [2.24, 2.45) is 5.14 Å². The molecule has 0 unspecified atom stereocenters. The molecular formula is C9H13N3O2S. The smallest absolute Gasteiger partial charge is 0.238 e. The molecule has 0 bridgehead atoms. The van der Waals surface area contributed by atoms with Gasteiger partial charge in [0.1, 0.15) is 0 Å². The van der Waals surface area contributed by atoms with Gasteiger partial charge in [0.05, 0.1) is 16.3 Å². The molecule has 1 aliphatic rings. The third-order valence-corrected chi connectivity index (χ3v) is 3.20. The lowest BCUT2D eigenvalue weighted by molar-refractivity contribution is 0.598. The van der Waals surface area contributed by atoms with E-state index in [1.54, 1.807) is 6.07 Å². The number of hydrogen-bond acceptors (Lipinski definition) is 4. The van der Waals surface area contributed by atoms with Gasteiger partial charge in [0, 0.05) is 6.04 Å². The Morgan fingerprint density at radius 1 is 1.33 bits per heavy atom. The van der Waals surface area contributed by atoms with Crippen LogP contribution in [0.5, 0.6) is 0 Å². The van der Waals surface area contributed by atoms with Gasteiger partial charge in [-0.2, -0.15) is 0 Å². The van der Waals surface area contributed by atoms with Gasteiger partial charge in [-0.3, -0.25) is 0 Å². The summed E-state index contributed by atoms with van der Waals surface area (Å²) < 4.78 is 22.1. The van der Waals surface area contributed by atoms with E-state index in [0.29, 0.717) is 11.7 Å². The minimum absolute atomic E-state index is 0.0429. The van der Waals surface area contributed by atoms with Crippen LogP contribution in [0.1, 0.15) is 12.8 Å². The zero-order valence-corrected chi connectivity index (χ0v) is 8.92. The number of rotatable bonds is 3. The molecular weight excluding hydrogens is 214 g/mol. The Hall–Kier alpha value is -1.27. The van der Waals surface area contributed by atoms with E-state index in [1.807, 2.05) is 0 Å². The second-order valence-corrected chi connectivity index (χ2v) is 5.27. The number of benzene rings is 1. The lowest BCUT2D eigenvalue weighted by Gasteiger charge is -2.09. The zero-order valence-electron chi connectivity index (χ0n) is 8.10. The predicted octanol–water partition coefficient (Wildman–Crippen LogP) is 0.490. The summed E-state index contributed by atoms with van der Waals surface area (Å²) in [6.45, 7) is 0. The second-order valence-electron chi connectivity index (χ2n) is 3.71. The molecule has 0 heterocycles. The molecule has 0 aliphatic heterocycles. The van der Waals surface area contributed by atoms with Gasteiger partial charge < -0.3 is 11.1 Å². The van der Waals surface area contributed by atoms with Crippen LogP contribution in [0.2, 0.25) is 0 Å². The van der Waals surface area contributed by atoms with Crippen molar-refractivity contribution < 1.29 is 8.42 Å². The Bertz CT molecular complexity index is 480. The third-order valence-electron chi connectivity index (χ3n) is 2.29. The first kappa shape index (κ1) is 10.3. The Labute approximate surface area is 88.5 Å². The van der Waals surface area contributed by atoms with Crippen LogP contribution >= 0.6 is 0 Å². The molecule has 1 aromatic rings. The summed E-state index contributed by atoms with van der Waals surface area (Å²) in [4.78, 5) is 0.0429. The number of nitrogen functional groups attached to an aromatic ring is 1. The van der Waals surface area contributed by atoms with Gasteiger partial charge >= 0.3 is 0 Å². The minimum atomic E-state index is -3.66. The van der Waals surface area contributed by atoms with E-state index in [-0.39, 0.29) is 4.90 Å². The Balaban J connectivity index is 2.29. The molecule has 1 saturated carbocycles. The SMILES string of the molecule is Nc1cc(S(N)(=O)=O)ccc1NC1CC1. The molecule has 1 fully saturated rings. The maximum atomic E-state index is 11.0. The quantitative estimate of drug-likeness (QED) is 0.654. The molecule has 0 atom stereocenters. The summed E-state index contributed by atoms with van der Waals surface area (Å²) in [5, 5.41) is 8.19. The van der Waals surface area contributed by atoms with E-state index in [9.17, 15) is 8.42 Å². The van der Waals surface area contributed by atoms with Crippen LogP contribution in [0.25, 0.3) is 0 Å². The van der Waals surface area contributed by atoms with Crippen molar-refractivity contribution in [3.8, 4) is 0 Å². The van der Waals surface area contributed by atoms with Crippen LogP contribution in [-0.4, -0.2) is 14.5 Å². The predicted molar refractivity (Wildman–Crippen MR) is 58.9 cm³/mol. The van der Waals surface area contributed by atoms with E-state index in [4.69, 9.17) is 10.9 Å². The molecule has 1 aliphatic carbocycles. The number of sulfonamides is 1. The van der Waals surface area contributed by atoms with E-state index in [0.717, 1.165) is 18.5 Å². The summed E-state index contributed by atoms with van der Waals surface area (Å²) in [5.41, 5.74) is 6.89. The minimum Gasteiger partial charge on any atom is -0.397 e. The Kier molecular flexibility index (Phi) is 2.32. The van der Waals surface area contributed by atoms with Crippen LogP contribution in [-0.2, 0) is 10.0 Å². The van der Waals surface area contributed by atoms with Gasteiger partial charge in [-0.15, -0.1) is 0 Å². The maximum absolute atomic E-state index is 11.0. The first-order valence-corrected chi connectivity index (χ1v) is 6.20. The molecule has 15 heavy (non-hydrogen) atoms. The van der Waals surface area contributed by atoms with Crippen LogP contribution in [0.4, 0.5) is 11.4 Å². The average molecular weight is 227 g/mol. The molecule has 6 heteroatoms. The van der Waals surface area contributed by atoms with Crippen molar-refractivity contribution in [2.75, 3.05) is 11.1 Å². The normalized spacial score (nSPS) is 16.3. The highest BCUT2D eigenvalue weighted by Crippen LogP contribution is 2.29. The summed E-state index contributed by atoms with van der Waals surface area (Å²) in [5.74, 6) is 0. The van der Waals surface area contributed by atoms with Crippen molar-refractivity contribution in [1.29, 1.82) is 0 Å². The topological polar surface area (TPSA) is 98.2 Å². The van der Waals surface area contributed by atoms with Crippen molar-refractivity contribution >= 4 is 21.4 Å². The lowest BCUT2D eigenvalue weighted by Crippen LogP contribution is -2.13. The molecule has 1 aromatic carbocycles. The van der Waals surface area contributed by atoms with Gasteiger partial charge in [0.25, 0.3) is 0 Å². The fourth-order valence-electron chi connectivity index (χ4n) is 1.30. The number of primary sulfonamides is 1. The standard InChI is InChI=1S/C9H13N3O2S/c10-8-5-7(15(11,13)14)3-4-9(8)12-6-1-2-6/h3-6,12H,1-2,10H2,(H2,11,13,14). The molecule has 5 N–H and O–H groups in total. The third kappa shape index (κ3) is 2.40. The number of nitrogens with two attached hydrogens (primary N) is 2. The molecule has 5 nitrogen and oxygen atoms in total. The van der Waals surface area contributed by atoms with Crippen LogP contribution < -0.4 is 16.2 Å². The van der Waals surface area contributed by atoms with Gasteiger partial charge in [-0.25, -0.2) is 13.6 Å². The van der Waals surface area contributed by atoms with Gasteiger partial charge in [0.15, 0.2) is 0 Å². The average Bonchev–Trinajstić information content (AvgIpc) is 2.90. The van der Waals surface area contributed by atoms with E-state index in [2.05, 4.69) is 5.32 Å². The van der Waals surface area contributed by atoms with Crippen molar-refractivity contribution in [1.82, 2.24) is 0 Å². The zero-order chi connectivity index (χ0) is 11.1. The fraction of sp³-hybridized carbons (Fsp3) is 0.333. The fourth-order valence-corrected chi connectivity index (χ4v) is 1.85. The van der Waals surface area contributed by atoms with Crippen molar-refractivity contribution in [3.05, 3.63) is 18.2 Å². The van der Waals surface area contributed by atoms with E-state index < -0.39 is 10.0 Å². The summed E-state index contributed by atoms with van der Waals surface area (Å²) in [7, 11) is -3.66. The highest BCUT2D eigenvalue weighted by atomic mass is 32.2. The highest BCUT2D eigenvalue weighted by Gasteiger charge is 2.21. The first-order chi connectivity index (χ1) is 6.97. The number of nitrogens with one attached hydrogen (secondary N) is 1. The largest absolute Gasteiger partial charge is 0.397 e. The van der Waals surface area contributed by atoms with Gasteiger partial charge in [0.2, 0.25) is 10.0 Å². The van der Waals surface area contributed by atoms with Crippen molar-refractivity contribution in [2.45, 2.75) is 23.8 Å². The van der Waals surface area contributed by atoms with E-state index in [1.165, 1.54) is 12.1 Å². The molecule has 0 saturated heterocycles. The summed E-state index contributed by atoms with van der Waals surface area (Å²) in [6.07, 6.45) is 2.27. The van der Waals surface area contributed by atoms with Crippen molar-refractivity contribution in [3.63, 3.8) is 0 Å². The van der Waals surface area contributed by atoms with Crippen LogP contribution in [0.3, 0.4) is 0 Å². The molecule has 2 rings (SSSR count). The summed E-state index contributed by atoms with van der Waals surface area (Å²) >= 11 is 0. The van der Waals surface area contributed by atoms with Crippen LogP contribution in [0, 0.1) is 0 Å². The summed E-state index contributed by atoms with van der Waals surface area (Å²) in [6, 6.07) is 4.96. The van der Waals surface area contributed by atoms with Gasteiger partial charge in [-0.1, -0.05) is 0 Å². The molecule has 0 spiro atoms. The second kappa shape index (κ2) is 3.39. The van der Waals surface area contributed by atoms with Gasteiger partial charge in [-0.05, 0) is 31.0 Å². The Morgan fingerprint density at radius 2 is 2.00 bits per heavy atom. The molecule has 0 aromatic heterocycles. The van der Waals surface area contributed by atoms with Crippen LogP contribution in [0.15, 0.2) is 23.1 Å². The Morgan fingerprint density at radius 3 is 2.47 bits per heavy atom. The first-order valence-electron chi connectivity index (χ1n) is 4.66. The highest BCUT2D eigenvalue weighted by molar-refractivity contribution is 7.89. The van der Waals surface area contributed by atoms with E-state index >= 15 is 0 Å². The molecule has 82 valence electrons. The number of hydrogen-bond donors (Lipinski definition) is 3. The monoisotopic (exact) mass is 227 g/mol. The molecule has 0 radical (unpaired) electrons.